The van der Waals surface area contributed by atoms with E-state index in [0.717, 1.165) is 0 Å². The molecule has 1 fully saturated rings. The first-order valence-electron chi connectivity index (χ1n) is 10.6. The second kappa shape index (κ2) is 10.4. The lowest BCUT2D eigenvalue weighted by Crippen LogP contribution is -2.54. The molecule has 1 aliphatic heterocycles. The number of piperidine rings is 1. The summed E-state index contributed by atoms with van der Waals surface area (Å²) in [7, 11) is -3.57. The summed E-state index contributed by atoms with van der Waals surface area (Å²) in [6.07, 6.45) is -4.98. The molecule has 2 heterocycles. The maximum absolute atomic E-state index is 13.1. The molecule has 0 radical (unpaired) electrons. The van der Waals surface area contributed by atoms with Gasteiger partial charge in [-0.1, -0.05) is 19.9 Å². The minimum atomic E-state index is -5.59. The zero-order chi connectivity index (χ0) is 25.1. The van der Waals surface area contributed by atoms with Crippen molar-refractivity contribution in [1.82, 2.24) is 14.8 Å². The Morgan fingerprint density at radius 3 is 2.15 bits per heavy atom. The summed E-state index contributed by atoms with van der Waals surface area (Å²) in [5.74, 6) is -5.70. The minimum absolute atomic E-state index is 0.0774. The van der Waals surface area contributed by atoms with Gasteiger partial charge in [-0.2, -0.15) is 22.0 Å². The smallest absolute Gasteiger partial charge is 0.289 e. The van der Waals surface area contributed by atoms with Crippen LogP contribution in [0.3, 0.4) is 0 Å². The summed E-state index contributed by atoms with van der Waals surface area (Å²) in [6, 6.07) is 3.06. The van der Waals surface area contributed by atoms with Gasteiger partial charge in [-0.25, -0.2) is 9.79 Å². The average molecular weight is 504 g/mol. The SMILES string of the molecule is CCC(CC)(C(=O)NO)S(O)(O)N1CCC(c2ccc(CCC(F)(F)C(F)(F)F)cn2)CC1. The molecule has 0 bridgehead atoms. The number of hydroxylamine groups is 1. The van der Waals surface area contributed by atoms with Crippen molar-refractivity contribution in [2.45, 2.75) is 75.1 Å². The number of hydrogen-bond donors (Lipinski definition) is 4. The molecule has 33 heavy (non-hydrogen) atoms. The number of alkyl halides is 5. The molecule has 4 N–H and O–H groups in total. The summed E-state index contributed by atoms with van der Waals surface area (Å²) in [6.45, 7) is 3.76. The number of aromatic nitrogens is 1. The van der Waals surface area contributed by atoms with E-state index in [9.17, 15) is 35.9 Å². The number of nitrogens with one attached hydrogen (secondary N) is 1. The summed E-state index contributed by atoms with van der Waals surface area (Å²) in [4.78, 5) is 16.5. The number of aryl methyl sites for hydroxylation is 1. The molecule has 0 unspecified atom stereocenters. The monoisotopic (exact) mass is 503 g/mol. The first-order valence-corrected chi connectivity index (χ1v) is 12.1. The van der Waals surface area contributed by atoms with Crippen LogP contribution in [0.25, 0.3) is 0 Å². The summed E-state index contributed by atoms with van der Waals surface area (Å²) >= 11 is 0. The first kappa shape index (κ1) is 27.7. The largest absolute Gasteiger partial charge is 0.453 e. The van der Waals surface area contributed by atoms with Crippen molar-refractivity contribution >= 4 is 16.7 Å². The van der Waals surface area contributed by atoms with E-state index in [2.05, 4.69) is 4.98 Å². The van der Waals surface area contributed by atoms with E-state index in [0.29, 0.717) is 18.5 Å². The van der Waals surface area contributed by atoms with Gasteiger partial charge >= 0.3 is 12.1 Å². The molecule has 13 heteroatoms. The standard InChI is InChI=1S/C20H30F5N3O4S/c1-3-18(4-2,17(29)27-30)33(31,32)28-11-8-15(9-12-28)16-6-5-14(13-26-16)7-10-19(21,22)20(23,24)25/h5-6,13,15,30-32H,3-4,7-12H2,1-2H3,(H,27,29). The lowest BCUT2D eigenvalue weighted by molar-refractivity contribution is -0.284. The van der Waals surface area contributed by atoms with E-state index >= 15 is 0 Å². The van der Waals surface area contributed by atoms with Crippen LogP contribution in [0, 0.1) is 0 Å². The lowest BCUT2D eigenvalue weighted by Gasteiger charge is -2.55. The van der Waals surface area contributed by atoms with Crippen LogP contribution in [0.5, 0.6) is 0 Å². The van der Waals surface area contributed by atoms with E-state index in [1.165, 1.54) is 22.0 Å². The molecule has 7 nitrogen and oxygen atoms in total. The molecule has 1 saturated heterocycles. The van der Waals surface area contributed by atoms with Crippen LogP contribution < -0.4 is 5.48 Å². The Balaban J connectivity index is 2.02. The Labute approximate surface area is 190 Å². The second-order valence-corrected chi connectivity index (χ2v) is 10.5. The van der Waals surface area contributed by atoms with Crippen molar-refractivity contribution in [2.75, 3.05) is 13.1 Å². The van der Waals surface area contributed by atoms with E-state index < -0.39 is 46.4 Å². The quantitative estimate of drug-likeness (QED) is 0.212. The fourth-order valence-corrected chi connectivity index (χ4v) is 6.39. The highest BCUT2D eigenvalue weighted by atomic mass is 32.3. The molecule has 1 aromatic heterocycles. The fraction of sp³-hybridized carbons (Fsp3) is 0.700. The van der Waals surface area contributed by atoms with Crippen molar-refractivity contribution in [3.8, 4) is 0 Å². The third-order valence-corrected chi connectivity index (χ3v) is 9.30. The van der Waals surface area contributed by atoms with Gasteiger partial charge in [0.15, 0.2) is 4.75 Å². The van der Waals surface area contributed by atoms with Gasteiger partial charge in [0, 0.05) is 37.3 Å². The zero-order valence-electron chi connectivity index (χ0n) is 18.4. The summed E-state index contributed by atoms with van der Waals surface area (Å²) < 4.78 is 84.9. The Kier molecular flexibility index (Phi) is 8.72. The average Bonchev–Trinajstić information content (AvgIpc) is 2.78. The lowest BCUT2D eigenvalue weighted by atomic mass is 9.93. The molecule has 0 spiro atoms. The van der Waals surface area contributed by atoms with Gasteiger partial charge in [0.25, 0.3) is 5.91 Å². The molecule has 0 aromatic carbocycles. The van der Waals surface area contributed by atoms with Crippen LogP contribution in [0.1, 0.15) is 63.1 Å². The molecule has 190 valence electrons. The Hall–Kier alpha value is -1.54. The van der Waals surface area contributed by atoms with Crippen LogP contribution in [0.2, 0.25) is 0 Å². The number of halogens is 5. The molecule has 0 aliphatic carbocycles. The number of pyridine rings is 1. The molecular formula is C20H30F5N3O4S. The van der Waals surface area contributed by atoms with Gasteiger partial charge in [0.1, 0.15) is 0 Å². The van der Waals surface area contributed by atoms with E-state index in [1.807, 2.05) is 0 Å². The van der Waals surface area contributed by atoms with Crippen molar-refractivity contribution in [1.29, 1.82) is 0 Å². The van der Waals surface area contributed by atoms with Gasteiger partial charge in [-0.05, 0) is 43.7 Å². The van der Waals surface area contributed by atoms with Crippen molar-refractivity contribution in [3.05, 3.63) is 29.6 Å². The molecule has 1 aromatic rings. The van der Waals surface area contributed by atoms with E-state index in [1.54, 1.807) is 19.9 Å². The van der Waals surface area contributed by atoms with Crippen LogP contribution in [-0.2, 0) is 11.2 Å². The zero-order valence-corrected chi connectivity index (χ0v) is 19.2. The minimum Gasteiger partial charge on any atom is -0.289 e. The van der Waals surface area contributed by atoms with Crippen LogP contribution >= 0.6 is 10.8 Å². The molecular weight excluding hydrogens is 473 g/mol. The highest BCUT2D eigenvalue weighted by Crippen LogP contribution is 2.59. The van der Waals surface area contributed by atoms with Gasteiger partial charge in [-0.3, -0.25) is 24.1 Å². The third kappa shape index (κ3) is 5.59. The Morgan fingerprint density at radius 1 is 1.15 bits per heavy atom. The van der Waals surface area contributed by atoms with Crippen LogP contribution in [0.4, 0.5) is 22.0 Å². The number of nitrogens with zero attached hydrogens (tertiary/aromatic N) is 2. The van der Waals surface area contributed by atoms with Gasteiger partial charge < -0.3 is 0 Å². The number of carbonyl (C=O) groups excluding carboxylic acids is 1. The Bertz CT molecular complexity index is 796. The van der Waals surface area contributed by atoms with Crippen molar-refractivity contribution in [3.63, 3.8) is 0 Å². The maximum atomic E-state index is 13.1. The number of carbonyl (C=O) groups is 1. The fourth-order valence-electron chi connectivity index (χ4n) is 4.11. The number of hydrogen-bond acceptors (Lipinski definition) is 6. The van der Waals surface area contributed by atoms with Gasteiger partial charge in [-0.15, -0.1) is 10.8 Å². The molecule has 0 saturated carbocycles. The normalized spacial score (nSPS) is 17.8. The van der Waals surface area contributed by atoms with E-state index in [4.69, 9.17) is 5.21 Å². The molecule has 1 aliphatic rings. The number of rotatable bonds is 9. The third-order valence-electron chi connectivity index (χ3n) is 6.40. The first-order chi connectivity index (χ1) is 15.3. The highest BCUT2D eigenvalue weighted by Gasteiger charge is 2.56. The Morgan fingerprint density at radius 2 is 1.73 bits per heavy atom. The second-order valence-electron chi connectivity index (χ2n) is 8.16. The molecule has 0 atom stereocenters. The van der Waals surface area contributed by atoms with E-state index in [-0.39, 0.29) is 37.4 Å². The highest BCUT2D eigenvalue weighted by molar-refractivity contribution is 8.24. The summed E-state index contributed by atoms with van der Waals surface area (Å²) in [5, 5.41) is 9.10. The van der Waals surface area contributed by atoms with Gasteiger partial charge in [0.2, 0.25) is 0 Å². The van der Waals surface area contributed by atoms with Crippen LogP contribution in [-0.4, -0.2) is 59.4 Å². The topological polar surface area (TPSA) is 106 Å². The predicted octanol–water partition coefficient (Wildman–Crippen LogP) is 5.12. The van der Waals surface area contributed by atoms with Crippen molar-refractivity contribution in [2.24, 2.45) is 0 Å². The molecule has 2 rings (SSSR count). The molecule has 1 amide bonds. The predicted molar refractivity (Wildman–Crippen MR) is 113 cm³/mol. The maximum Gasteiger partial charge on any atom is 0.453 e. The number of amides is 1. The summed E-state index contributed by atoms with van der Waals surface area (Å²) in [5.41, 5.74) is 2.43. The van der Waals surface area contributed by atoms with Crippen LogP contribution in [0.15, 0.2) is 18.3 Å². The van der Waals surface area contributed by atoms with Gasteiger partial charge in [0.05, 0.1) is 0 Å². The van der Waals surface area contributed by atoms with Crippen molar-refractivity contribution < 1.29 is 41.1 Å².